The molecule has 1 unspecified atom stereocenters. The molecule has 0 fully saturated rings. The standard InChI is InChI=1S/C29H34N3O4P/c1-22(2)32(23(3)4)37(34-19-9-17-30)35-20-10-18-31-29(33)36-28-21-26-13-6-5-11-24(26)15-16-25-12-7-8-14-27(25)28/h5-8,11-14,21-23H,9-10,18-20H2,1-4H3,(H,31,33)/b26-21?,28-21+,28-27?. The number of benzene rings is 2. The Labute approximate surface area is 221 Å². The van der Waals surface area contributed by atoms with Gasteiger partial charge in [0.05, 0.1) is 25.7 Å². The first kappa shape index (κ1) is 28.4. The number of fused-ring (bicyclic) bond motifs is 2. The number of rotatable bonds is 12. The number of nitriles is 1. The van der Waals surface area contributed by atoms with Crippen LogP contribution in [0.25, 0.3) is 11.8 Å². The van der Waals surface area contributed by atoms with Gasteiger partial charge in [-0.1, -0.05) is 42.2 Å². The molecule has 1 amide bonds. The summed E-state index contributed by atoms with van der Waals surface area (Å²) >= 11 is 0. The molecule has 1 atom stereocenters. The monoisotopic (exact) mass is 519 g/mol. The van der Waals surface area contributed by atoms with Crippen molar-refractivity contribution in [3.63, 3.8) is 0 Å². The lowest BCUT2D eigenvalue weighted by Crippen LogP contribution is -2.34. The van der Waals surface area contributed by atoms with Gasteiger partial charge in [0.2, 0.25) is 0 Å². The molecule has 2 aromatic rings. The average molecular weight is 520 g/mol. The molecule has 7 nitrogen and oxygen atoms in total. The third kappa shape index (κ3) is 8.42. The SMILES string of the molecule is CC(C)N(C(C)C)P(OCCC#N)OCCCNC(=O)O/C1=C/c2ccccc2C#Cc2ccccc21. The van der Waals surface area contributed by atoms with Crippen molar-refractivity contribution in [2.75, 3.05) is 19.8 Å². The number of hydrogen-bond donors (Lipinski definition) is 1. The maximum absolute atomic E-state index is 12.7. The second-order valence-corrected chi connectivity index (χ2v) is 10.4. The smallest absolute Gasteiger partial charge is 0.410 e. The third-order valence-corrected chi connectivity index (χ3v) is 7.54. The number of carbonyl (C=O) groups excluding carboxylic acids is 1. The highest BCUT2D eigenvalue weighted by Crippen LogP contribution is 2.46. The number of nitrogens with one attached hydrogen (secondary N) is 1. The summed E-state index contributed by atoms with van der Waals surface area (Å²) in [5, 5.41) is 11.7. The minimum atomic E-state index is -1.30. The van der Waals surface area contributed by atoms with E-state index in [9.17, 15) is 4.79 Å². The van der Waals surface area contributed by atoms with Crippen molar-refractivity contribution in [2.45, 2.75) is 52.6 Å². The summed E-state index contributed by atoms with van der Waals surface area (Å²) < 4.78 is 19.9. The highest BCUT2D eigenvalue weighted by molar-refractivity contribution is 7.44. The average Bonchev–Trinajstić information content (AvgIpc) is 2.86. The van der Waals surface area contributed by atoms with Crippen molar-refractivity contribution >= 4 is 26.5 Å². The summed E-state index contributed by atoms with van der Waals surface area (Å²) in [6.45, 7) is 9.49. The molecule has 1 N–H and O–H groups in total. The van der Waals surface area contributed by atoms with Crippen LogP contribution in [0.1, 0.15) is 62.8 Å². The molecule has 0 aromatic heterocycles. The first-order chi connectivity index (χ1) is 17.9. The van der Waals surface area contributed by atoms with Crippen molar-refractivity contribution in [2.24, 2.45) is 0 Å². The molecule has 0 heterocycles. The zero-order chi connectivity index (χ0) is 26.6. The second-order valence-electron chi connectivity index (χ2n) is 8.94. The van der Waals surface area contributed by atoms with Crippen molar-refractivity contribution in [3.05, 3.63) is 70.8 Å². The van der Waals surface area contributed by atoms with E-state index >= 15 is 0 Å². The quantitative estimate of drug-likeness (QED) is 0.201. The number of amides is 1. The molecule has 2 aromatic carbocycles. The Morgan fingerprint density at radius 2 is 1.65 bits per heavy atom. The predicted molar refractivity (Wildman–Crippen MR) is 147 cm³/mol. The Hall–Kier alpha value is -3.19. The molecule has 0 spiro atoms. The van der Waals surface area contributed by atoms with Gasteiger partial charge in [-0.25, -0.2) is 9.46 Å². The fourth-order valence-electron chi connectivity index (χ4n) is 3.84. The molecule has 1 aliphatic rings. The number of carbonyl (C=O) groups is 1. The molecule has 0 bridgehead atoms. The van der Waals surface area contributed by atoms with Crippen LogP contribution in [0.2, 0.25) is 0 Å². The van der Waals surface area contributed by atoms with Gasteiger partial charge in [0.15, 0.2) is 0 Å². The number of alkyl carbamates (subject to hydrolysis) is 1. The van der Waals surface area contributed by atoms with Gasteiger partial charge in [-0.05, 0) is 64.0 Å². The Kier molecular flexibility index (Phi) is 11.1. The fraction of sp³-hybridized carbons (Fsp3) is 0.379. The van der Waals surface area contributed by atoms with Crippen LogP contribution >= 0.6 is 8.53 Å². The van der Waals surface area contributed by atoms with E-state index in [0.29, 0.717) is 38.4 Å². The molecule has 0 aliphatic heterocycles. The summed E-state index contributed by atoms with van der Waals surface area (Å²) in [6, 6.07) is 18.0. The molecule has 3 rings (SSSR count). The third-order valence-electron chi connectivity index (χ3n) is 5.43. The lowest BCUT2D eigenvalue weighted by molar-refractivity contribution is 0.173. The first-order valence-electron chi connectivity index (χ1n) is 12.5. The summed E-state index contributed by atoms with van der Waals surface area (Å²) in [5.41, 5.74) is 3.34. The van der Waals surface area contributed by atoms with Crippen molar-refractivity contribution in [3.8, 4) is 17.9 Å². The summed E-state index contributed by atoms with van der Waals surface area (Å²) in [4.78, 5) is 12.7. The van der Waals surface area contributed by atoms with Crippen LogP contribution in [0.3, 0.4) is 0 Å². The molecule has 0 saturated heterocycles. The van der Waals surface area contributed by atoms with Gasteiger partial charge in [0, 0.05) is 35.3 Å². The molecule has 0 saturated carbocycles. The maximum Gasteiger partial charge on any atom is 0.412 e. The van der Waals surface area contributed by atoms with E-state index < -0.39 is 14.6 Å². The Balaban J connectivity index is 1.57. The highest BCUT2D eigenvalue weighted by atomic mass is 31.2. The summed E-state index contributed by atoms with van der Waals surface area (Å²) in [7, 11) is -1.30. The number of ether oxygens (including phenoxy) is 1. The molecular formula is C29H34N3O4P. The van der Waals surface area contributed by atoms with E-state index in [1.165, 1.54) is 0 Å². The van der Waals surface area contributed by atoms with Gasteiger partial charge in [-0.3, -0.25) is 0 Å². The lowest BCUT2D eigenvalue weighted by atomic mass is 9.99. The zero-order valence-corrected chi connectivity index (χ0v) is 22.8. The van der Waals surface area contributed by atoms with Crippen molar-refractivity contribution in [1.29, 1.82) is 5.26 Å². The Morgan fingerprint density at radius 3 is 2.38 bits per heavy atom. The fourth-order valence-corrected chi connectivity index (χ4v) is 5.46. The molecule has 194 valence electrons. The molecule has 0 radical (unpaired) electrons. The van der Waals surface area contributed by atoms with Crippen LogP contribution in [-0.4, -0.2) is 42.6 Å². The minimum absolute atomic E-state index is 0.232. The van der Waals surface area contributed by atoms with Gasteiger partial charge in [0.1, 0.15) is 5.76 Å². The Morgan fingerprint density at radius 1 is 1.00 bits per heavy atom. The second kappa shape index (κ2) is 14.5. The van der Waals surface area contributed by atoms with Crippen LogP contribution in [0.15, 0.2) is 48.5 Å². The van der Waals surface area contributed by atoms with E-state index in [4.69, 9.17) is 19.0 Å². The molecule has 8 heteroatoms. The molecule has 1 aliphatic carbocycles. The topological polar surface area (TPSA) is 83.8 Å². The highest BCUT2D eigenvalue weighted by Gasteiger charge is 2.27. The lowest BCUT2D eigenvalue weighted by Gasteiger charge is -2.35. The summed E-state index contributed by atoms with van der Waals surface area (Å²) in [6.07, 6.45) is 2.21. The zero-order valence-electron chi connectivity index (χ0n) is 21.9. The van der Waals surface area contributed by atoms with Crippen molar-refractivity contribution < 1.29 is 18.6 Å². The minimum Gasteiger partial charge on any atom is -0.410 e. The van der Waals surface area contributed by atoms with Crippen LogP contribution in [-0.2, 0) is 13.8 Å². The van der Waals surface area contributed by atoms with Gasteiger partial charge < -0.3 is 19.1 Å². The van der Waals surface area contributed by atoms with Crippen LogP contribution in [0.5, 0.6) is 0 Å². The van der Waals surface area contributed by atoms with E-state index in [-0.39, 0.29) is 12.1 Å². The van der Waals surface area contributed by atoms with E-state index in [1.807, 2.05) is 54.6 Å². The van der Waals surface area contributed by atoms with Gasteiger partial charge >= 0.3 is 6.09 Å². The number of nitrogens with zero attached hydrogens (tertiary/aromatic N) is 2. The normalized spacial score (nSPS) is 14.3. The first-order valence-corrected chi connectivity index (χ1v) is 13.6. The van der Waals surface area contributed by atoms with E-state index in [2.05, 4.69) is 55.6 Å². The maximum atomic E-state index is 12.7. The van der Waals surface area contributed by atoms with E-state index in [1.54, 1.807) is 0 Å². The van der Waals surface area contributed by atoms with Crippen LogP contribution < -0.4 is 5.32 Å². The van der Waals surface area contributed by atoms with E-state index in [0.717, 1.165) is 22.3 Å². The summed E-state index contributed by atoms with van der Waals surface area (Å²) in [5.74, 6) is 6.83. The predicted octanol–water partition coefficient (Wildman–Crippen LogP) is 6.31. The van der Waals surface area contributed by atoms with Gasteiger partial charge in [-0.15, -0.1) is 0 Å². The Bertz CT molecular complexity index is 1190. The van der Waals surface area contributed by atoms with Crippen molar-refractivity contribution in [1.82, 2.24) is 9.99 Å². The van der Waals surface area contributed by atoms with Crippen LogP contribution in [0.4, 0.5) is 4.79 Å². The van der Waals surface area contributed by atoms with Gasteiger partial charge in [0.25, 0.3) is 8.53 Å². The molecular weight excluding hydrogens is 485 g/mol. The van der Waals surface area contributed by atoms with Crippen LogP contribution in [0, 0.1) is 23.2 Å². The largest absolute Gasteiger partial charge is 0.412 e. The number of hydrogen-bond acceptors (Lipinski definition) is 6. The van der Waals surface area contributed by atoms with Gasteiger partial charge in [-0.2, -0.15) is 5.26 Å². The molecule has 37 heavy (non-hydrogen) atoms.